The molecule has 0 bridgehead atoms. The van der Waals surface area contributed by atoms with Gasteiger partial charge in [-0.2, -0.15) is 9.61 Å². The summed E-state index contributed by atoms with van der Waals surface area (Å²) < 4.78 is 26.4. The number of piperazine rings is 1. The summed E-state index contributed by atoms with van der Waals surface area (Å²) in [5.74, 6) is 1.51. The number of nitrogens with two attached hydrogens (primary N) is 1. The van der Waals surface area contributed by atoms with Gasteiger partial charge in [-0.3, -0.25) is 9.69 Å². The molecule has 2 N–H and O–H groups in total. The molecule has 4 heterocycles. The molecule has 0 atom stereocenters. The van der Waals surface area contributed by atoms with Crippen LogP contribution >= 0.6 is 0 Å². The van der Waals surface area contributed by atoms with Gasteiger partial charge in [0.15, 0.2) is 17.3 Å². The molecule has 3 aromatic heterocycles. The number of primary sulfonamides is 1. The zero-order chi connectivity index (χ0) is 27.0. The maximum absolute atomic E-state index is 13.0. The summed E-state index contributed by atoms with van der Waals surface area (Å²) in [4.78, 5) is 17.3. The van der Waals surface area contributed by atoms with Gasteiger partial charge in [-0.25, -0.2) is 18.2 Å². The fourth-order valence-electron chi connectivity index (χ4n) is 4.85. The highest BCUT2D eigenvalue weighted by atomic mass is 32.2. The summed E-state index contributed by atoms with van der Waals surface area (Å²) in [6.07, 6.45) is 1.03. The first kappa shape index (κ1) is 25.9. The average Bonchev–Trinajstić information content (AvgIpc) is 3.40. The number of aryl methyl sites for hydroxylation is 2. The lowest BCUT2D eigenvalue weighted by Crippen LogP contribution is -2.48. The van der Waals surface area contributed by atoms with Crippen LogP contribution in [0.2, 0.25) is 0 Å². The number of nitrogens with zero attached hydrogens (tertiary/aromatic N) is 8. The van der Waals surface area contributed by atoms with Crippen molar-refractivity contribution in [2.75, 3.05) is 26.2 Å². The van der Waals surface area contributed by atoms with Gasteiger partial charge in [0, 0.05) is 44.8 Å². The molecule has 1 amide bonds. The van der Waals surface area contributed by atoms with Gasteiger partial charge in [0.1, 0.15) is 0 Å². The Balaban J connectivity index is 1.16. The van der Waals surface area contributed by atoms with E-state index in [0.29, 0.717) is 49.8 Å². The minimum absolute atomic E-state index is 0.107. The predicted molar refractivity (Wildman–Crippen MR) is 140 cm³/mol. The van der Waals surface area contributed by atoms with Crippen molar-refractivity contribution in [3.05, 3.63) is 64.7 Å². The first-order valence-corrected chi connectivity index (χ1v) is 14.0. The van der Waals surface area contributed by atoms with Crippen molar-refractivity contribution in [2.24, 2.45) is 5.14 Å². The third-order valence-electron chi connectivity index (χ3n) is 7.03. The van der Waals surface area contributed by atoms with Gasteiger partial charge in [0.05, 0.1) is 10.6 Å². The Morgan fingerprint density at radius 3 is 2.34 bits per heavy atom. The number of carbonyl (C=O) groups is 1. The summed E-state index contributed by atoms with van der Waals surface area (Å²) >= 11 is 0. The third-order valence-corrected chi connectivity index (χ3v) is 7.96. The molecular weight excluding hydrogens is 506 g/mol. The van der Waals surface area contributed by atoms with Crippen LogP contribution in [0.15, 0.2) is 41.3 Å². The molecule has 0 spiro atoms. The highest BCUT2D eigenvalue weighted by Crippen LogP contribution is 2.20. The Hall–Kier alpha value is -3.68. The molecule has 12 nitrogen and oxygen atoms in total. The SMILES string of the molecule is Cc1nn(-c2ccc3nnc(C)n3n2)c(C)c1CCC(=O)N1CCN(Cc2ccc(S(N)(=O)=O)cc2)CC1. The quantitative estimate of drug-likeness (QED) is 0.370. The molecule has 200 valence electrons. The fraction of sp³-hybridized carbons (Fsp3) is 0.400. The van der Waals surface area contributed by atoms with E-state index in [1.807, 2.05) is 42.5 Å². The monoisotopic (exact) mass is 537 g/mol. The average molecular weight is 538 g/mol. The molecule has 1 fully saturated rings. The van der Waals surface area contributed by atoms with Crippen molar-refractivity contribution in [1.29, 1.82) is 0 Å². The number of aromatic nitrogens is 6. The van der Waals surface area contributed by atoms with E-state index >= 15 is 0 Å². The van der Waals surface area contributed by atoms with Crippen LogP contribution < -0.4 is 5.14 Å². The highest BCUT2D eigenvalue weighted by molar-refractivity contribution is 7.89. The van der Waals surface area contributed by atoms with Crippen molar-refractivity contribution in [2.45, 2.75) is 45.1 Å². The van der Waals surface area contributed by atoms with Gasteiger partial charge in [-0.05, 0) is 62.6 Å². The van der Waals surface area contributed by atoms with Crippen molar-refractivity contribution in [1.82, 2.24) is 39.4 Å². The lowest BCUT2D eigenvalue weighted by molar-refractivity contribution is -0.133. The molecule has 0 aliphatic carbocycles. The normalized spacial score (nSPS) is 14.9. The number of sulfonamides is 1. The van der Waals surface area contributed by atoms with Gasteiger partial charge in [0.25, 0.3) is 0 Å². The molecule has 1 aliphatic rings. The maximum Gasteiger partial charge on any atom is 0.238 e. The number of rotatable bonds is 7. The maximum atomic E-state index is 13.0. The number of hydrogen-bond donors (Lipinski definition) is 1. The Bertz CT molecular complexity index is 1580. The van der Waals surface area contributed by atoms with E-state index < -0.39 is 10.0 Å². The zero-order valence-electron chi connectivity index (χ0n) is 21.7. The lowest BCUT2D eigenvalue weighted by Gasteiger charge is -2.35. The van der Waals surface area contributed by atoms with Gasteiger partial charge in [0.2, 0.25) is 15.9 Å². The Morgan fingerprint density at radius 2 is 1.66 bits per heavy atom. The van der Waals surface area contributed by atoms with Crippen LogP contribution in [0.25, 0.3) is 11.5 Å². The van der Waals surface area contributed by atoms with Gasteiger partial charge >= 0.3 is 0 Å². The Morgan fingerprint density at radius 1 is 0.947 bits per heavy atom. The smallest absolute Gasteiger partial charge is 0.238 e. The third kappa shape index (κ3) is 5.30. The zero-order valence-corrected chi connectivity index (χ0v) is 22.5. The standard InChI is InChI=1S/C25H31N9O3S/c1-17-22(18(2)33(29-17)24-10-9-23-28-27-19(3)34(23)30-24)8-11-25(35)32-14-12-31(13-15-32)16-20-4-6-21(7-5-20)38(26,36)37/h4-7,9-10H,8,11-16H2,1-3H3,(H2,26,36,37). The van der Waals surface area contributed by atoms with Crippen LogP contribution in [0.3, 0.4) is 0 Å². The van der Waals surface area contributed by atoms with E-state index in [1.165, 1.54) is 12.1 Å². The number of fused-ring (bicyclic) bond motifs is 1. The molecule has 1 saturated heterocycles. The molecule has 5 rings (SSSR count). The molecule has 4 aromatic rings. The van der Waals surface area contributed by atoms with Crippen LogP contribution in [0.5, 0.6) is 0 Å². The fourth-order valence-corrected chi connectivity index (χ4v) is 5.36. The minimum atomic E-state index is -3.69. The molecule has 0 saturated carbocycles. The van der Waals surface area contributed by atoms with Crippen molar-refractivity contribution < 1.29 is 13.2 Å². The van der Waals surface area contributed by atoms with Crippen molar-refractivity contribution in [3.63, 3.8) is 0 Å². The van der Waals surface area contributed by atoms with Crippen LogP contribution in [0, 0.1) is 20.8 Å². The van der Waals surface area contributed by atoms with E-state index in [0.717, 1.165) is 35.6 Å². The summed E-state index contributed by atoms with van der Waals surface area (Å²) in [6.45, 7) is 9.34. The second-order valence-corrected chi connectivity index (χ2v) is 11.2. The number of carbonyl (C=O) groups excluding carboxylic acids is 1. The summed E-state index contributed by atoms with van der Waals surface area (Å²) in [7, 11) is -3.69. The van der Waals surface area contributed by atoms with E-state index in [4.69, 9.17) is 5.14 Å². The van der Waals surface area contributed by atoms with Crippen LogP contribution in [0.4, 0.5) is 0 Å². The van der Waals surface area contributed by atoms with Gasteiger partial charge < -0.3 is 4.90 Å². The summed E-state index contributed by atoms with van der Waals surface area (Å²) in [5, 5.41) is 22.6. The molecule has 38 heavy (non-hydrogen) atoms. The first-order chi connectivity index (χ1) is 18.1. The molecule has 0 unspecified atom stereocenters. The molecular formula is C25H31N9O3S. The van der Waals surface area contributed by atoms with Gasteiger partial charge in [-0.1, -0.05) is 12.1 Å². The second kappa shape index (κ2) is 10.2. The summed E-state index contributed by atoms with van der Waals surface area (Å²) in [5.41, 5.74) is 4.59. The molecule has 13 heteroatoms. The van der Waals surface area contributed by atoms with E-state index in [-0.39, 0.29) is 10.8 Å². The number of hydrogen-bond acceptors (Lipinski definition) is 8. The first-order valence-electron chi connectivity index (χ1n) is 12.5. The number of amides is 1. The second-order valence-electron chi connectivity index (χ2n) is 9.62. The van der Waals surface area contributed by atoms with E-state index in [1.54, 1.807) is 16.6 Å². The molecule has 1 aliphatic heterocycles. The molecule has 0 radical (unpaired) electrons. The lowest BCUT2D eigenvalue weighted by atomic mass is 10.1. The van der Waals surface area contributed by atoms with Crippen molar-refractivity contribution in [3.8, 4) is 5.82 Å². The topological polar surface area (TPSA) is 145 Å². The van der Waals surface area contributed by atoms with Gasteiger partial charge in [-0.15, -0.1) is 15.3 Å². The Kier molecular flexibility index (Phi) is 6.99. The van der Waals surface area contributed by atoms with E-state index in [9.17, 15) is 13.2 Å². The largest absolute Gasteiger partial charge is 0.340 e. The predicted octanol–water partition coefficient (Wildman–Crippen LogP) is 1.16. The minimum Gasteiger partial charge on any atom is -0.340 e. The van der Waals surface area contributed by atoms with Crippen molar-refractivity contribution >= 4 is 21.6 Å². The molecule has 1 aromatic carbocycles. The summed E-state index contributed by atoms with van der Waals surface area (Å²) in [6, 6.07) is 10.3. The highest BCUT2D eigenvalue weighted by Gasteiger charge is 2.23. The Labute approximate surface area is 221 Å². The van der Waals surface area contributed by atoms with Crippen LogP contribution in [-0.4, -0.2) is 79.9 Å². The van der Waals surface area contributed by atoms with Crippen LogP contribution in [-0.2, 0) is 27.8 Å². The van der Waals surface area contributed by atoms with Crippen LogP contribution in [0.1, 0.15) is 34.8 Å². The number of benzene rings is 1. The van der Waals surface area contributed by atoms with E-state index in [2.05, 4.69) is 25.3 Å².